The summed E-state index contributed by atoms with van der Waals surface area (Å²) in [6.07, 6.45) is 7.40. The summed E-state index contributed by atoms with van der Waals surface area (Å²) in [4.78, 5) is 26.7. The minimum Gasteiger partial charge on any atom is -0.495 e. The molecule has 8 heteroatoms. The van der Waals surface area contributed by atoms with Crippen LogP contribution >= 0.6 is 11.6 Å². The summed E-state index contributed by atoms with van der Waals surface area (Å²) < 4.78 is 16.5. The molecule has 0 aromatic heterocycles. The molecule has 1 N–H and O–H groups in total. The fourth-order valence-electron chi connectivity index (χ4n) is 4.08. The lowest BCUT2D eigenvalue weighted by Gasteiger charge is -2.22. The van der Waals surface area contributed by atoms with Crippen LogP contribution in [0.1, 0.15) is 44.9 Å². The largest absolute Gasteiger partial charge is 0.495 e. The minimum atomic E-state index is -0.401. The number of methoxy groups -OCH3 is 2. The molecule has 1 unspecified atom stereocenters. The topological polar surface area (TPSA) is 77.1 Å². The second kappa shape index (κ2) is 10.9. The van der Waals surface area contributed by atoms with E-state index < -0.39 is 5.92 Å². The van der Waals surface area contributed by atoms with E-state index in [2.05, 4.69) is 5.32 Å². The number of rotatable bonds is 9. The van der Waals surface area contributed by atoms with Gasteiger partial charge in [-0.05, 0) is 25.3 Å². The highest BCUT2D eigenvalue weighted by molar-refractivity contribution is 6.32. The van der Waals surface area contributed by atoms with E-state index >= 15 is 0 Å². The van der Waals surface area contributed by atoms with Crippen molar-refractivity contribution >= 4 is 29.1 Å². The lowest BCUT2D eigenvalue weighted by Crippen LogP contribution is -2.34. The van der Waals surface area contributed by atoms with E-state index in [0.29, 0.717) is 48.0 Å². The highest BCUT2D eigenvalue weighted by Gasteiger charge is 2.36. The molecular formula is C22H31ClN2O5. The molecule has 2 aliphatic rings. The summed E-state index contributed by atoms with van der Waals surface area (Å²) in [5.74, 6) is 0.305. The van der Waals surface area contributed by atoms with Gasteiger partial charge in [0.15, 0.2) is 0 Å². The summed E-state index contributed by atoms with van der Waals surface area (Å²) in [5, 5.41) is 3.32. The normalized spacial score (nSPS) is 19.8. The van der Waals surface area contributed by atoms with Gasteiger partial charge in [0.25, 0.3) is 0 Å². The van der Waals surface area contributed by atoms with E-state index in [1.807, 2.05) is 0 Å². The van der Waals surface area contributed by atoms with E-state index in [4.69, 9.17) is 25.8 Å². The third kappa shape index (κ3) is 5.58. The molecule has 7 nitrogen and oxygen atoms in total. The molecule has 1 aliphatic heterocycles. The maximum Gasteiger partial charge on any atom is 0.227 e. The van der Waals surface area contributed by atoms with E-state index in [1.54, 1.807) is 17.0 Å². The number of ether oxygens (including phenoxy) is 3. The number of hydrogen-bond acceptors (Lipinski definition) is 5. The first-order valence-electron chi connectivity index (χ1n) is 10.6. The molecule has 0 spiro atoms. The fraction of sp³-hybridized carbons (Fsp3) is 0.636. The number of amides is 2. The number of hydrogen-bond donors (Lipinski definition) is 1. The molecule has 1 atom stereocenters. The van der Waals surface area contributed by atoms with Gasteiger partial charge >= 0.3 is 0 Å². The Kier molecular flexibility index (Phi) is 8.22. The molecule has 3 rings (SSSR count). The van der Waals surface area contributed by atoms with Crippen molar-refractivity contribution < 1.29 is 23.8 Å². The number of nitrogens with one attached hydrogen (secondary N) is 1. The summed E-state index contributed by atoms with van der Waals surface area (Å²) in [5.41, 5.74) is 0.546. The van der Waals surface area contributed by atoms with Crippen LogP contribution in [0.2, 0.25) is 5.02 Å². The van der Waals surface area contributed by atoms with Crippen LogP contribution in [0.3, 0.4) is 0 Å². The predicted octanol–water partition coefficient (Wildman–Crippen LogP) is 3.57. The number of benzene rings is 1. The molecule has 30 heavy (non-hydrogen) atoms. The number of carbonyl (C=O) groups excluding carboxylic acids is 2. The molecule has 2 fully saturated rings. The van der Waals surface area contributed by atoms with Crippen LogP contribution in [0.5, 0.6) is 11.5 Å². The molecule has 1 aromatic carbocycles. The Bertz CT molecular complexity index is 751. The number of nitrogens with zero attached hydrogens (tertiary/aromatic N) is 1. The molecule has 0 radical (unpaired) electrons. The van der Waals surface area contributed by atoms with Crippen molar-refractivity contribution in [3.8, 4) is 11.5 Å². The zero-order valence-electron chi connectivity index (χ0n) is 17.7. The quantitative estimate of drug-likeness (QED) is 0.596. The SMILES string of the molecule is COc1cc(OC)c(N2CC(C(=O)NCCCOC3CCCCC3)CC2=O)cc1Cl. The van der Waals surface area contributed by atoms with Crippen molar-refractivity contribution in [1.29, 1.82) is 0 Å². The minimum absolute atomic E-state index is 0.109. The number of carbonyl (C=O) groups is 2. The Balaban J connectivity index is 1.49. The summed E-state index contributed by atoms with van der Waals surface area (Å²) in [6.45, 7) is 1.50. The predicted molar refractivity (Wildman–Crippen MR) is 115 cm³/mol. The fourth-order valence-corrected chi connectivity index (χ4v) is 4.32. The van der Waals surface area contributed by atoms with Crippen LogP contribution in [0.4, 0.5) is 5.69 Å². The highest BCUT2D eigenvalue weighted by atomic mass is 35.5. The van der Waals surface area contributed by atoms with Crippen molar-refractivity contribution in [3.63, 3.8) is 0 Å². The van der Waals surface area contributed by atoms with E-state index in [-0.39, 0.29) is 18.2 Å². The van der Waals surface area contributed by atoms with Gasteiger partial charge in [-0.15, -0.1) is 0 Å². The molecule has 1 aromatic rings. The summed E-state index contributed by atoms with van der Waals surface area (Å²) in [7, 11) is 3.04. The third-order valence-electron chi connectivity index (χ3n) is 5.77. The van der Waals surface area contributed by atoms with Crippen molar-refractivity contribution in [2.75, 3.05) is 38.8 Å². The van der Waals surface area contributed by atoms with Gasteiger partial charge in [0.2, 0.25) is 11.8 Å². The van der Waals surface area contributed by atoms with Crippen molar-refractivity contribution in [2.45, 2.75) is 51.0 Å². The van der Waals surface area contributed by atoms with Gasteiger partial charge in [0.1, 0.15) is 11.5 Å². The first-order chi connectivity index (χ1) is 14.5. The first-order valence-corrected chi connectivity index (χ1v) is 11.0. The lowest BCUT2D eigenvalue weighted by atomic mass is 9.98. The highest BCUT2D eigenvalue weighted by Crippen LogP contribution is 2.40. The van der Waals surface area contributed by atoms with Crippen LogP contribution in [0.25, 0.3) is 0 Å². The average molecular weight is 439 g/mol. The van der Waals surface area contributed by atoms with E-state index in [0.717, 1.165) is 19.3 Å². The van der Waals surface area contributed by atoms with Crippen LogP contribution in [-0.2, 0) is 14.3 Å². The molecule has 1 aliphatic carbocycles. The summed E-state index contributed by atoms with van der Waals surface area (Å²) >= 11 is 6.23. The van der Waals surface area contributed by atoms with E-state index in [9.17, 15) is 9.59 Å². The zero-order valence-corrected chi connectivity index (χ0v) is 18.5. The number of anilines is 1. The Morgan fingerprint density at radius 1 is 1.17 bits per heavy atom. The average Bonchev–Trinajstić information content (AvgIpc) is 3.15. The van der Waals surface area contributed by atoms with Gasteiger partial charge in [-0.25, -0.2) is 0 Å². The monoisotopic (exact) mass is 438 g/mol. The zero-order chi connectivity index (χ0) is 21.5. The lowest BCUT2D eigenvalue weighted by molar-refractivity contribution is -0.126. The van der Waals surface area contributed by atoms with E-state index in [1.165, 1.54) is 33.5 Å². The van der Waals surface area contributed by atoms with Gasteiger partial charge < -0.3 is 24.4 Å². The second-order valence-electron chi connectivity index (χ2n) is 7.84. The van der Waals surface area contributed by atoms with Crippen molar-refractivity contribution in [1.82, 2.24) is 5.32 Å². The third-order valence-corrected chi connectivity index (χ3v) is 6.06. The second-order valence-corrected chi connectivity index (χ2v) is 8.25. The van der Waals surface area contributed by atoms with Crippen LogP contribution in [0, 0.1) is 5.92 Å². The van der Waals surface area contributed by atoms with Crippen LogP contribution in [0.15, 0.2) is 12.1 Å². The molecule has 1 saturated carbocycles. The molecule has 166 valence electrons. The first kappa shape index (κ1) is 22.7. The van der Waals surface area contributed by atoms with Crippen LogP contribution < -0.4 is 19.7 Å². The standard InChI is InChI=1S/C22H31ClN2O5/c1-28-19-13-20(29-2)18(12-17(19)23)25-14-15(11-21(25)26)22(27)24-9-6-10-30-16-7-4-3-5-8-16/h12-13,15-16H,3-11,14H2,1-2H3,(H,24,27). The maximum atomic E-state index is 12.6. The van der Waals surface area contributed by atoms with Crippen molar-refractivity contribution in [3.05, 3.63) is 17.2 Å². The summed E-state index contributed by atoms with van der Waals surface area (Å²) in [6, 6.07) is 3.28. The molecule has 2 amide bonds. The smallest absolute Gasteiger partial charge is 0.227 e. The number of halogens is 1. The van der Waals surface area contributed by atoms with Gasteiger partial charge in [-0.3, -0.25) is 9.59 Å². The van der Waals surface area contributed by atoms with Crippen molar-refractivity contribution in [2.24, 2.45) is 5.92 Å². The Morgan fingerprint density at radius 2 is 1.90 bits per heavy atom. The Morgan fingerprint density at radius 3 is 2.60 bits per heavy atom. The molecular weight excluding hydrogens is 408 g/mol. The molecule has 1 saturated heterocycles. The van der Waals surface area contributed by atoms with Gasteiger partial charge in [-0.1, -0.05) is 30.9 Å². The van der Waals surface area contributed by atoms with Gasteiger partial charge in [-0.2, -0.15) is 0 Å². The van der Waals surface area contributed by atoms with Gasteiger partial charge in [0, 0.05) is 32.2 Å². The van der Waals surface area contributed by atoms with Gasteiger partial charge in [0.05, 0.1) is 37.0 Å². The molecule has 0 bridgehead atoms. The maximum absolute atomic E-state index is 12.6. The van der Waals surface area contributed by atoms with Crippen LogP contribution in [-0.4, -0.2) is 51.8 Å². The molecule has 1 heterocycles. The Labute approximate surface area is 183 Å². The Hall–Kier alpha value is -1.99.